The van der Waals surface area contributed by atoms with E-state index in [0.29, 0.717) is 30.7 Å². The van der Waals surface area contributed by atoms with Crippen LogP contribution in [0.1, 0.15) is 57.1 Å². The molecule has 2 fully saturated rings. The first kappa shape index (κ1) is 144. The Balaban J connectivity index is -0.0000000231. The van der Waals surface area contributed by atoms with Gasteiger partial charge in [0, 0.05) is 247 Å². The Morgan fingerprint density at radius 2 is 0.778 bits per heavy atom. The van der Waals surface area contributed by atoms with E-state index in [-0.39, 0.29) is 49.4 Å². The van der Waals surface area contributed by atoms with Gasteiger partial charge in [0.2, 0.25) is 5.91 Å². The van der Waals surface area contributed by atoms with Crippen LogP contribution >= 0.6 is 0 Å². The molecule has 0 bridgehead atoms. The number of carbonyl (C=O) groups is 1. The first-order chi connectivity index (χ1) is 34.4. The molecular formula is C22H34F45N2O2Y-. The van der Waals surface area contributed by atoms with Crippen LogP contribution in [0.15, 0.2) is 12.1 Å². The Kier molecular flexibility index (Phi) is 475. The van der Waals surface area contributed by atoms with E-state index in [1.165, 1.54) is 12.8 Å². The SMILES string of the molecule is Cc1cc(N)[c-]cc1CC(=O)N1C[C@@H](C)C[C@H]1COC1CCC(C)CC1.F.FF.FF.FF.FF.FF.FF.FF.FF.FF.FF.FF.FF.FF.FF.FF.FF.FF.FF.FF.FF.FF.FF.[Y]. The van der Waals surface area contributed by atoms with Gasteiger partial charge in [-0.1, -0.05) is 26.5 Å². The van der Waals surface area contributed by atoms with Gasteiger partial charge in [-0.05, 0) is 43.9 Å². The third-order valence-corrected chi connectivity index (χ3v) is 6.06. The molecule has 3 rings (SSSR count). The number of ether oxygens (including phenoxy) is 1. The molecule has 1 amide bonds. The van der Waals surface area contributed by atoms with Gasteiger partial charge in [-0.3, -0.25) is 9.50 Å². The van der Waals surface area contributed by atoms with Gasteiger partial charge in [0.15, 0.2) is 0 Å². The number of rotatable bonds is 5. The van der Waals surface area contributed by atoms with Crippen molar-refractivity contribution in [1.82, 2.24) is 4.90 Å². The molecule has 4 nitrogen and oxygen atoms in total. The molecule has 72 heavy (non-hydrogen) atoms. The van der Waals surface area contributed by atoms with Crippen molar-refractivity contribution in [3.63, 3.8) is 0 Å². The number of nitrogens with zero attached hydrogens (tertiary/aromatic N) is 1. The van der Waals surface area contributed by atoms with E-state index < -0.39 is 0 Å². The van der Waals surface area contributed by atoms with Gasteiger partial charge in [0.05, 0.1) is 18.8 Å². The number of halogens is 45. The van der Waals surface area contributed by atoms with Crippen molar-refractivity contribution in [3.8, 4) is 0 Å². The van der Waals surface area contributed by atoms with Crippen LogP contribution in [0.3, 0.4) is 0 Å². The zero-order chi connectivity index (χ0) is 62.7. The van der Waals surface area contributed by atoms with Crippen molar-refractivity contribution in [2.45, 2.75) is 71.4 Å². The van der Waals surface area contributed by atoms with Crippen LogP contribution in [-0.4, -0.2) is 36.1 Å². The average molecular weight is 1300 g/mol. The Hall–Kier alpha value is -3.60. The van der Waals surface area contributed by atoms with Crippen molar-refractivity contribution in [2.24, 2.45) is 11.8 Å². The molecule has 2 atom stereocenters. The van der Waals surface area contributed by atoms with E-state index in [2.05, 4.69) is 19.9 Å². The van der Waals surface area contributed by atoms with Crippen molar-refractivity contribution in [1.29, 1.82) is 0 Å². The van der Waals surface area contributed by atoms with E-state index >= 15 is 0 Å². The summed E-state index contributed by atoms with van der Waals surface area (Å²) in [5, 5.41) is 0. The van der Waals surface area contributed by atoms with Gasteiger partial charge in [-0.2, -0.15) is 17.7 Å². The summed E-state index contributed by atoms with van der Waals surface area (Å²) in [7, 11) is 0. The monoisotopic (exact) mass is 1300 g/mol. The summed E-state index contributed by atoms with van der Waals surface area (Å²) in [6, 6.07) is 6.97. The van der Waals surface area contributed by atoms with Crippen molar-refractivity contribution in [2.75, 3.05) is 18.9 Å². The van der Waals surface area contributed by atoms with Crippen LogP contribution in [0, 0.1) is 24.8 Å². The molecule has 1 saturated carbocycles. The van der Waals surface area contributed by atoms with E-state index in [4.69, 9.17) is 212 Å². The molecule has 2 N–H and O–H groups in total. The van der Waals surface area contributed by atoms with Crippen molar-refractivity contribution < 1.29 is 248 Å². The molecule has 2 aliphatic rings. The third-order valence-electron chi connectivity index (χ3n) is 6.06. The number of benzene rings is 1. The zero-order valence-corrected chi connectivity index (χ0v) is 36.9. The number of nitrogens with two attached hydrogens (primary N) is 1. The molecule has 463 valence electrons. The fourth-order valence-electron chi connectivity index (χ4n) is 4.36. The van der Waals surface area contributed by atoms with Crippen molar-refractivity contribution in [3.05, 3.63) is 29.3 Å². The summed E-state index contributed by atoms with van der Waals surface area (Å²) >= 11 is 0. The summed E-state index contributed by atoms with van der Waals surface area (Å²) in [6.45, 7) is 8.08. The maximum Gasteiger partial charge on any atom is 0.215 e. The molecule has 1 aromatic rings. The van der Waals surface area contributed by atoms with E-state index in [0.717, 1.165) is 42.9 Å². The minimum atomic E-state index is 0. The quantitative estimate of drug-likeness (QED) is 0.182. The summed E-state index contributed by atoms with van der Waals surface area (Å²) in [4.78, 5) is 15.0. The first-order valence-corrected chi connectivity index (χ1v) is 13.2. The Morgan fingerprint density at radius 3 is 1.03 bits per heavy atom. The molecule has 0 aromatic heterocycles. The standard InChI is InChI=1S/C22H33N2O2.22F2.FH.Y/c1-15-4-8-21(9-5-15)26-14-20-10-16(2)13-24(20)22(25)12-18-6-7-19(23)11-17(18)3;22*1-2;;/h6,11,15-16,20-21H,4-5,8-10,12-14,23H2,1-3H3;;;;;;;;;;;;;;;;;;;;;;;1H;/q-1;;;;;;;;;;;;;;;;;;;;;;;;/t15?,16-,20-,21?;;;;;;;;;;;;;;;;;;;;;;;;/m0......................../s1. The zero-order valence-electron chi connectivity index (χ0n) is 34.1. The largest absolute Gasteiger partial charge is 0.420 e. The minimum Gasteiger partial charge on any atom is -0.420 e. The maximum atomic E-state index is 12.9. The Labute approximate surface area is 396 Å². The van der Waals surface area contributed by atoms with Gasteiger partial charge in [-0.15, -0.1) is 11.6 Å². The van der Waals surface area contributed by atoms with Crippen LogP contribution in [0.2, 0.25) is 0 Å². The van der Waals surface area contributed by atoms with Gasteiger partial charge < -0.3 is 15.4 Å². The van der Waals surface area contributed by atoms with Crippen LogP contribution in [0.4, 0.5) is 212 Å². The number of hydrogen-bond acceptors (Lipinski definition) is 3. The molecule has 0 unspecified atom stereocenters. The molecule has 1 aliphatic carbocycles. The Morgan fingerprint density at radius 1 is 0.514 bits per heavy atom. The first-order valence-electron chi connectivity index (χ1n) is 13.2. The molecular weight excluding hydrogens is 1270 g/mol. The third kappa shape index (κ3) is 144. The number of aryl methyl sites for hydroxylation is 1. The fraction of sp³-hybridized carbons (Fsp3) is 0.682. The number of carbonyl (C=O) groups excluding carboxylic acids is 1. The van der Waals surface area contributed by atoms with Crippen LogP contribution < -0.4 is 5.73 Å². The van der Waals surface area contributed by atoms with Gasteiger partial charge in [0.25, 0.3) is 0 Å². The predicted molar refractivity (Wildman–Crippen MR) is 156 cm³/mol. The number of anilines is 1. The number of amides is 1. The second kappa shape index (κ2) is 237. The number of likely N-dealkylation sites (tertiary alicyclic amines) is 1. The normalized spacial score (nSPS) is 12.3. The van der Waals surface area contributed by atoms with Crippen molar-refractivity contribution >= 4 is 11.6 Å². The summed E-state index contributed by atoms with van der Waals surface area (Å²) in [5.74, 6) is 1.57. The molecule has 1 saturated heterocycles. The maximum absolute atomic E-state index is 12.9. The van der Waals surface area contributed by atoms with Crippen LogP contribution in [0.25, 0.3) is 0 Å². The molecule has 0 spiro atoms. The molecule has 1 aliphatic heterocycles. The number of hydrogen-bond donors (Lipinski definition) is 1. The molecule has 1 radical (unpaired) electrons. The van der Waals surface area contributed by atoms with Crippen LogP contribution in [-0.2, 0) is 48.7 Å². The fourth-order valence-corrected chi connectivity index (χ4v) is 4.36. The van der Waals surface area contributed by atoms with Crippen LogP contribution in [0.5, 0.6) is 0 Å². The predicted octanol–water partition coefficient (Wildman–Crippen LogP) is 22.4. The smallest absolute Gasteiger partial charge is 0.215 e. The Bertz CT molecular complexity index is 697. The number of nitrogen functional groups attached to an aromatic ring is 1. The van der Waals surface area contributed by atoms with Gasteiger partial charge in [-0.25, -0.2) is 0 Å². The van der Waals surface area contributed by atoms with E-state index in [1.807, 2.05) is 24.0 Å². The molecule has 1 heterocycles. The summed E-state index contributed by atoms with van der Waals surface area (Å²) in [5.41, 5.74) is 8.48. The molecule has 50 heteroatoms. The van der Waals surface area contributed by atoms with Gasteiger partial charge >= 0.3 is 0 Å². The second-order valence-corrected chi connectivity index (χ2v) is 8.53. The topological polar surface area (TPSA) is 55.6 Å². The second-order valence-electron chi connectivity index (χ2n) is 8.53. The van der Waals surface area contributed by atoms with E-state index in [1.54, 1.807) is 0 Å². The summed E-state index contributed by atoms with van der Waals surface area (Å²) < 4.78 is 358. The molecule has 1 aromatic carbocycles. The summed E-state index contributed by atoms with van der Waals surface area (Å²) in [6.07, 6.45) is 6.71. The van der Waals surface area contributed by atoms with Gasteiger partial charge in [0.1, 0.15) is 0 Å². The minimum absolute atomic E-state index is 0. The average Bonchev–Trinajstić information content (AvgIpc) is 3.91. The van der Waals surface area contributed by atoms with E-state index in [9.17, 15) is 4.79 Å².